The zero-order valence-electron chi connectivity index (χ0n) is 12.1. The van der Waals surface area contributed by atoms with E-state index in [9.17, 15) is 0 Å². The van der Waals surface area contributed by atoms with E-state index in [0.717, 1.165) is 18.0 Å². The topological polar surface area (TPSA) is 50.9 Å². The number of nitrogens with one attached hydrogen (secondary N) is 1. The Labute approximate surface area is 125 Å². The maximum Gasteiger partial charge on any atom is 0.109 e. The van der Waals surface area contributed by atoms with E-state index in [4.69, 9.17) is 5.73 Å². The quantitative estimate of drug-likeness (QED) is 0.820. The van der Waals surface area contributed by atoms with Gasteiger partial charge in [-0.05, 0) is 17.9 Å². The van der Waals surface area contributed by atoms with Gasteiger partial charge in [-0.1, -0.05) is 44.2 Å². The molecule has 3 N–H and O–H groups in total. The predicted octanol–water partition coefficient (Wildman–Crippen LogP) is 3.52. The van der Waals surface area contributed by atoms with Gasteiger partial charge in [-0.25, -0.2) is 4.98 Å². The Balaban J connectivity index is 1.89. The fourth-order valence-corrected chi connectivity index (χ4v) is 3.07. The minimum Gasteiger partial charge on any atom is -0.324 e. The van der Waals surface area contributed by atoms with Gasteiger partial charge in [0.05, 0.1) is 6.04 Å². The number of nitrogens with two attached hydrogens (primary N) is 1. The summed E-state index contributed by atoms with van der Waals surface area (Å²) in [6, 6.07) is 10.7. The molecule has 1 aromatic heterocycles. The summed E-state index contributed by atoms with van der Waals surface area (Å²) in [7, 11) is 0. The van der Waals surface area contributed by atoms with Crippen LogP contribution in [0.25, 0.3) is 0 Å². The minimum atomic E-state index is 0.0671. The van der Waals surface area contributed by atoms with Crippen molar-refractivity contribution in [3.8, 4) is 0 Å². The third-order valence-electron chi connectivity index (χ3n) is 3.64. The van der Waals surface area contributed by atoms with E-state index in [2.05, 4.69) is 36.3 Å². The van der Waals surface area contributed by atoms with Gasteiger partial charge in [-0.3, -0.25) is 0 Å². The molecule has 3 nitrogen and oxygen atoms in total. The van der Waals surface area contributed by atoms with Gasteiger partial charge in [0.15, 0.2) is 0 Å². The maximum atomic E-state index is 6.33. The fraction of sp³-hybridized carbons (Fsp3) is 0.438. The maximum absolute atomic E-state index is 6.33. The van der Waals surface area contributed by atoms with Crippen molar-refractivity contribution in [2.45, 2.75) is 32.4 Å². The summed E-state index contributed by atoms with van der Waals surface area (Å²) in [6.45, 7) is 5.27. The molecule has 108 valence electrons. The number of hydrogen-bond acceptors (Lipinski definition) is 4. The van der Waals surface area contributed by atoms with Gasteiger partial charge in [-0.2, -0.15) is 0 Å². The van der Waals surface area contributed by atoms with Gasteiger partial charge in [0.1, 0.15) is 5.01 Å². The van der Waals surface area contributed by atoms with Crippen LogP contribution in [-0.2, 0) is 0 Å². The molecule has 0 radical (unpaired) electrons. The van der Waals surface area contributed by atoms with Crippen molar-refractivity contribution in [3.63, 3.8) is 0 Å². The van der Waals surface area contributed by atoms with Crippen LogP contribution in [-0.4, -0.2) is 11.5 Å². The van der Waals surface area contributed by atoms with Gasteiger partial charge in [0.2, 0.25) is 0 Å². The highest BCUT2D eigenvalue weighted by molar-refractivity contribution is 7.09. The molecule has 1 aromatic carbocycles. The Bertz CT molecular complexity index is 484. The highest BCUT2D eigenvalue weighted by atomic mass is 32.1. The number of hydrogen-bond donors (Lipinski definition) is 2. The smallest absolute Gasteiger partial charge is 0.109 e. The first-order valence-electron chi connectivity index (χ1n) is 7.15. The molecule has 0 spiro atoms. The zero-order valence-corrected chi connectivity index (χ0v) is 12.9. The molecule has 0 aliphatic carbocycles. The van der Waals surface area contributed by atoms with Crippen molar-refractivity contribution in [3.05, 3.63) is 52.5 Å². The van der Waals surface area contributed by atoms with Crippen LogP contribution in [0.1, 0.15) is 42.9 Å². The average Bonchev–Trinajstić information content (AvgIpc) is 3.02. The molecule has 3 atom stereocenters. The molecular weight excluding hydrogens is 266 g/mol. The predicted molar refractivity (Wildman–Crippen MR) is 85.7 cm³/mol. The summed E-state index contributed by atoms with van der Waals surface area (Å²) in [5.41, 5.74) is 7.53. The molecule has 2 rings (SSSR count). The van der Waals surface area contributed by atoms with E-state index in [1.54, 1.807) is 11.3 Å². The number of nitrogens with zero attached hydrogens (tertiary/aromatic N) is 1. The van der Waals surface area contributed by atoms with Crippen LogP contribution < -0.4 is 11.1 Å². The monoisotopic (exact) mass is 289 g/mol. The summed E-state index contributed by atoms with van der Waals surface area (Å²) in [5.74, 6) is 0.381. The number of thiazole rings is 1. The Hall–Kier alpha value is -1.23. The number of aromatic nitrogens is 1. The van der Waals surface area contributed by atoms with Gasteiger partial charge in [-0.15, -0.1) is 11.3 Å². The van der Waals surface area contributed by atoms with E-state index < -0.39 is 0 Å². The summed E-state index contributed by atoms with van der Waals surface area (Å²) in [4.78, 5) is 4.39. The van der Waals surface area contributed by atoms with Crippen molar-refractivity contribution >= 4 is 11.3 Å². The molecular formula is C16H23N3S. The Morgan fingerprint density at radius 2 is 2.05 bits per heavy atom. The Morgan fingerprint density at radius 3 is 2.65 bits per heavy atom. The second-order valence-electron chi connectivity index (χ2n) is 5.15. The Morgan fingerprint density at radius 1 is 1.30 bits per heavy atom. The molecule has 0 aliphatic heterocycles. The highest BCUT2D eigenvalue weighted by Crippen LogP contribution is 2.22. The van der Waals surface area contributed by atoms with Gasteiger partial charge in [0.25, 0.3) is 0 Å². The lowest BCUT2D eigenvalue weighted by atomic mass is 9.95. The number of rotatable bonds is 7. The molecule has 0 fully saturated rings. The van der Waals surface area contributed by atoms with Crippen molar-refractivity contribution < 1.29 is 0 Å². The summed E-state index contributed by atoms with van der Waals surface area (Å²) >= 11 is 1.71. The van der Waals surface area contributed by atoms with E-state index in [1.807, 2.05) is 29.8 Å². The molecule has 3 unspecified atom stereocenters. The zero-order chi connectivity index (χ0) is 14.4. The second-order valence-corrected chi connectivity index (χ2v) is 6.08. The molecule has 0 aliphatic rings. The molecule has 2 aromatic rings. The first-order chi connectivity index (χ1) is 9.72. The Kier molecular flexibility index (Phi) is 5.71. The summed E-state index contributed by atoms with van der Waals surface area (Å²) in [6.07, 6.45) is 2.91. The molecule has 0 saturated carbocycles. The molecule has 4 heteroatoms. The number of benzene rings is 1. The highest BCUT2D eigenvalue weighted by Gasteiger charge is 2.17. The fourth-order valence-electron chi connectivity index (χ4n) is 2.27. The summed E-state index contributed by atoms with van der Waals surface area (Å²) in [5, 5.41) is 6.78. The molecule has 0 amide bonds. The molecule has 0 saturated heterocycles. The van der Waals surface area contributed by atoms with Crippen LogP contribution in [0.2, 0.25) is 0 Å². The van der Waals surface area contributed by atoms with Gasteiger partial charge < -0.3 is 11.1 Å². The van der Waals surface area contributed by atoms with Gasteiger partial charge in [0, 0.05) is 24.2 Å². The summed E-state index contributed by atoms with van der Waals surface area (Å²) < 4.78 is 0. The van der Waals surface area contributed by atoms with Crippen LogP contribution >= 0.6 is 11.3 Å². The van der Waals surface area contributed by atoms with Crippen LogP contribution in [0.15, 0.2) is 41.9 Å². The normalized spacial score (nSPS) is 15.8. The van der Waals surface area contributed by atoms with Crippen molar-refractivity contribution in [2.24, 2.45) is 11.7 Å². The van der Waals surface area contributed by atoms with E-state index in [0.29, 0.717) is 12.0 Å². The van der Waals surface area contributed by atoms with E-state index in [-0.39, 0.29) is 6.04 Å². The van der Waals surface area contributed by atoms with Crippen LogP contribution in [0.4, 0.5) is 0 Å². The van der Waals surface area contributed by atoms with E-state index >= 15 is 0 Å². The second kappa shape index (κ2) is 7.53. The average molecular weight is 289 g/mol. The third kappa shape index (κ3) is 3.88. The van der Waals surface area contributed by atoms with Crippen molar-refractivity contribution in [1.82, 2.24) is 10.3 Å². The first kappa shape index (κ1) is 15.2. The van der Waals surface area contributed by atoms with Crippen LogP contribution in [0, 0.1) is 5.92 Å². The van der Waals surface area contributed by atoms with Crippen LogP contribution in [0.5, 0.6) is 0 Å². The molecule has 0 bridgehead atoms. The van der Waals surface area contributed by atoms with E-state index in [1.165, 1.54) is 5.56 Å². The minimum absolute atomic E-state index is 0.0671. The van der Waals surface area contributed by atoms with Gasteiger partial charge >= 0.3 is 0 Å². The lowest BCUT2D eigenvalue weighted by Gasteiger charge is -2.23. The van der Waals surface area contributed by atoms with Crippen molar-refractivity contribution in [2.75, 3.05) is 6.54 Å². The lowest BCUT2D eigenvalue weighted by molar-refractivity contribution is 0.396. The lowest BCUT2D eigenvalue weighted by Crippen LogP contribution is -2.31. The van der Waals surface area contributed by atoms with Crippen molar-refractivity contribution in [1.29, 1.82) is 0 Å². The third-order valence-corrected chi connectivity index (χ3v) is 4.53. The first-order valence-corrected chi connectivity index (χ1v) is 8.03. The SMILES string of the molecule is CCC(NCC(C)C(N)c1ccccc1)c1nccs1. The van der Waals surface area contributed by atoms with Crippen LogP contribution in [0.3, 0.4) is 0 Å². The standard InChI is InChI=1S/C16H23N3S/c1-3-14(16-18-9-10-20-16)19-11-12(2)15(17)13-7-5-4-6-8-13/h4-10,12,14-15,19H,3,11,17H2,1-2H3. The molecule has 1 heterocycles. The largest absolute Gasteiger partial charge is 0.324 e. The molecule has 20 heavy (non-hydrogen) atoms.